The summed E-state index contributed by atoms with van der Waals surface area (Å²) in [5.41, 5.74) is 0.336. The number of nitrogens with zero attached hydrogens (tertiary/aromatic N) is 2. The second-order valence-electron chi connectivity index (χ2n) is 4.15. The van der Waals surface area contributed by atoms with Crippen LogP contribution < -0.4 is 4.72 Å². The van der Waals surface area contributed by atoms with Crippen LogP contribution in [0, 0.1) is 11.6 Å². The average Bonchev–Trinajstić information content (AvgIpc) is 2.80. The van der Waals surface area contributed by atoms with Crippen LogP contribution in [0.5, 0.6) is 0 Å². The van der Waals surface area contributed by atoms with Crippen LogP contribution in [0.15, 0.2) is 18.2 Å². The molecule has 0 saturated heterocycles. The summed E-state index contributed by atoms with van der Waals surface area (Å²) in [6, 6.07) is 3.35. The molecule has 0 fully saturated rings. The van der Waals surface area contributed by atoms with Gasteiger partial charge in [0.2, 0.25) is 10.0 Å². The van der Waals surface area contributed by atoms with Crippen LogP contribution in [0.1, 0.15) is 5.82 Å². The van der Waals surface area contributed by atoms with Gasteiger partial charge >= 0.3 is 0 Å². The van der Waals surface area contributed by atoms with Gasteiger partial charge in [0.05, 0.1) is 6.26 Å². The fourth-order valence-corrected chi connectivity index (χ4v) is 2.00. The second-order valence-corrected chi connectivity index (χ2v) is 5.98. The van der Waals surface area contributed by atoms with Crippen LogP contribution in [0.3, 0.4) is 0 Å². The van der Waals surface area contributed by atoms with Crippen molar-refractivity contribution in [2.24, 2.45) is 0 Å². The molecule has 2 aromatic rings. The van der Waals surface area contributed by atoms with Gasteiger partial charge in [-0.3, -0.25) is 5.10 Å². The highest BCUT2D eigenvalue weighted by atomic mass is 32.2. The van der Waals surface area contributed by atoms with E-state index in [0.717, 1.165) is 18.4 Å². The fourth-order valence-electron chi connectivity index (χ4n) is 1.53. The molecule has 20 heavy (non-hydrogen) atoms. The summed E-state index contributed by atoms with van der Waals surface area (Å²) in [6.45, 7) is 0.172. The lowest BCUT2D eigenvalue weighted by Gasteiger charge is -1.98. The highest BCUT2D eigenvalue weighted by Gasteiger charge is 2.10. The Hall–Kier alpha value is -1.87. The maximum Gasteiger partial charge on any atom is 0.208 e. The molecule has 0 radical (unpaired) electrons. The number of benzene rings is 1. The van der Waals surface area contributed by atoms with E-state index >= 15 is 0 Å². The molecule has 2 rings (SSSR count). The lowest BCUT2D eigenvalue weighted by Crippen LogP contribution is -2.24. The van der Waals surface area contributed by atoms with Gasteiger partial charge in [0.25, 0.3) is 0 Å². The van der Waals surface area contributed by atoms with Crippen LogP contribution in [-0.2, 0) is 16.4 Å². The summed E-state index contributed by atoms with van der Waals surface area (Å²) in [4.78, 5) is 4.08. The third kappa shape index (κ3) is 3.81. The monoisotopic (exact) mass is 302 g/mol. The second kappa shape index (κ2) is 5.63. The first-order valence-electron chi connectivity index (χ1n) is 5.66. The van der Waals surface area contributed by atoms with Crippen molar-refractivity contribution in [2.75, 3.05) is 12.8 Å². The fraction of sp³-hybridized carbons (Fsp3) is 0.273. The van der Waals surface area contributed by atoms with Crippen LogP contribution in [0.25, 0.3) is 11.4 Å². The van der Waals surface area contributed by atoms with Crippen LogP contribution in [0.4, 0.5) is 8.78 Å². The van der Waals surface area contributed by atoms with Gasteiger partial charge in [0.1, 0.15) is 5.82 Å². The van der Waals surface area contributed by atoms with Gasteiger partial charge in [-0.15, -0.1) is 0 Å². The molecule has 0 bridgehead atoms. The smallest absolute Gasteiger partial charge is 0.208 e. The number of H-pyrrole nitrogens is 1. The first-order valence-corrected chi connectivity index (χ1v) is 7.55. The Morgan fingerprint density at radius 2 is 2.05 bits per heavy atom. The van der Waals surface area contributed by atoms with Crippen molar-refractivity contribution in [2.45, 2.75) is 6.42 Å². The van der Waals surface area contributed by atoms with Gasteiger partial charge in [-0.2, -0.15) is 5.10 Å². The Morgan fingerprint density at radius 3 is 2.70 bits per heavy atom. The molecular weight excluding hydrogens is 290 g/mol. The van der Waals surface area contributed by atoms with Crippen LogP contribution >= 0.6 is 0 Å². The standard InChI is InChI=1S/C11H12F2N4O2S/c1-20(18,19)14-5-4-10-15-11(17-16-10)7-2-3-8(12)9(13)6-7/h2-3,6,14H,4-5H2,1H3,(H,15,16,17). The largest absolute Gasteiger partial charge is 0.263 e. The van der Waals surface area contributed by atoms with E-state index in [2.05, 4.69) is 19.9 Å². The van der Waals surface area contributed by atoms with Crippen molar-refractivity contribution in [1.29, 1.82) is 0 Å². The van der Waals surface area contributed by atoms with Crippen molar-refractivity contribution in [3.8, 4) is 11.4 Å². The first kappa shape index (κ1) is 14.5. The minimum atomic E-state index is -3.25. The van der Waals surface area contributed by atoms with E-state index in [4.69, 9.17) is 0 Å². The van der Waals surface area contributed by atoms with E-state index in [9.17, 15) is 17.2 Å². The van der Waals surface area contributed by atoms with Crippen molar-refractivity contribution in [3.05, 3.63) is 35.7 Å². The molecule has 0 aliphatic heterocycles. The predicted molar refractivity (Wildman–Crippen MR) is 68.3 cm³/mol. The highest BCUT2D eigenvalue weighted by molar-refractivity contribution is 7.88. The van der Waals surface area contributed by atoms with Crippen molar-refractivity contribution >= 4 is 10.0 Å². The quantitative estimate of drug-likeness (QED) is 0.857. The number of halogens is 2. The molecule has 0 aliphatic carbocycles. The molecule has 0 aliphatic rings. The number of sulfonamides is 1. The Labute approximate surface area is 114 Å². The normalized spacial score (nSPS) is 11.8. The maximum atomic E-state index is 13.1. The summed E-state index contributed by atoms with van der Waals surface area (Å²) in [7, 11) is -3.25. The molecule has 6 nitrogen and oxygen atoms in total. The van der Waals surface area contributed by atoms with Crippen LogP contribution in [-0.4, -0.2) is 36.4 Å². The molecule has 1 aromatic heterocycles. The zero-order valence-corrected chi connectivity index (χ0v) is 11.3. The summed E-state index contributed by atoms with van der Waals surface area (Å²) >= 11 is 0. The molecular formula is C11H12F2N4O2S. The summed E-state index contributed by atoms with van der Waals surface area (Å²) in [6.07, 6.45) is 1.36. The van der Waals surface area contributed by atoms with E-state index in [1.165, 1.54) is 6.07 Å². The minimum absolute atomic E-state index is 0.172. The van der Waals surface area contributed by atoms with Gasteiger partial charge in [-0.1, -0.05) is 0 Å². The number of nitrogens with one attached hydrogen (secondary N) is 2. The summed E-state index contributed by atoms with van der Waals surface area (Å²) in [5, 5.41) is 6.48. The Bertz CT molecular complexity index is 715. The molecule has 108 valence electrons. The van der Waals surface area contributed by atoms with Gasteiger partial charge < -0.3 is 0 Å². The zero-order valence-electron chi connectivity index (χ0n) is 10.5. The van der Waals surface area contributed by atoms with Crippen molar-refractivity contribution in [3.63, 3.8) is 0 Å². The van der Waals surface area contributed by atoms with E-state index in [0.29, 0.717) is 17.8 Å². The Kier molecular flexibility index (Phi) is 4.09. The molecule has 2 N–H and O–H groups in total. The molecule has 0 spiro atoms. The summed E-state index contributed by atoms with van der Waals surface area (Å²) in [5.74, 6) is -1.26. The lowest BCUT2D eigenvalue weighted by molar-refractivity contribution is 0.509. The van der Waals surface area contributed by atoms with E-state index in [1.54, 1.807) is 0 Å². The SMILES string of the molecule is CS(=O)(=O)NCCc1nc(-c2ccc(F)c(F)c2)n[nH]1. The molecule has 9 heteroatoms. The van der Waals surface area contributed by atoms with Crippen molar-refractivity contribution < 1.29 is 17.2 Å². The predicted octanol–water partition coefficient (Wildman–Crippen LogP) is 0.842. The zero-order chi connectivity index (χ0) is 14.8. The molecule has 1 heterocycles. The highest BCUT2D eigenvalue weighted by Crippen LogP contribution is 2.17. The van der Waals surface area contributed by atoms with Gasteiger partial charge in [0.15, 0.2) is 17.5 Å². The van der Waals surface area contributed by atoms with Crippen LogP contribution in [0.2, 0.25) is 0 Å². The average molecular weight is 302 g/mol. The number of aromatic amines is 1. The van der Waals surface area contributed by atoms with E-state index in [1.807, 2.05) is 0 Å². The Morgan fingerprint density at radius 1 is 1.30 bits per heavy atom. The maximum absolute atomic E-state index is 13.1. The summed E-state index contributed by atoms with van der Waals surface area (Å²) < 4.78 is 50.0. The van der Waals surface area contributed by atoms with E-state index < -0.39 is 21.7 Å². The number of hydrogen-bond acceptors (Lipinski definition) is 4. The third-order valence-electron chi connectivity index (χ3n) is 2.44. The van der Waals surface area contributed by atoms with Gasteiger partial charge in [-0.25, -0.2) is 26.9 Å². The molecule has 0 unspecified atom stereocenters. The van der Waals surface area contributed by atoms with Crippen molar-refractivity contribution in [1.82, 2.24) is 19.9 Å². The molecule has 1 aromatic carbocycles. The number of aromatic nitrogens is 3. The molecule has 0 atom stereocenters. The minimum Gasteiger partial charge on any atom is -0.263 e. The van der Waals surface area contributed by atoms with E-state index in [-0.39, 0.29) is 12.4 Å². The third-order valence-corrected chi connectivity index (χ3v) is 3.16. The molecule has 0 saturated carbocycles. The lowest BCUT2D eigenvalue weighted by atomic mass is 10.2. The number of hydrogen-bond donors (Lipinski definition) is 2. The molecule has 0 amide bonds. The Balaban J connectivity index is 2.06. The first-order chi connectivity index (χ1) is 9.35. The topological polar surface area (TPSA) is 87.7 Å². The number of rotatable bonds is 5. The van der Waals surface area contributed by atoms with Gasteiger partial charge in [0, 0.05) is 18.5 Å². The van der Waals surface area contributed by atoms with Gasteiger partial charge in [-0.05, 0) is 18.2 Å².